The van der Waals surface area contributed by atoms with Crippen molar-refractivity contribution in [1.29, 1.82) is 0 Å². The van der Waals surface area contributed by atoms with Gasteiger partial charge in [0.1, 0.15) is 0 Å². The number of amides is 1. The Kier molecular flexibility index (Phi) is 5.44. The first-order valence-electron chi connectivity index (χ1n) is 9.32. The largest absolute Gasteiger partial charge is 0.337 e. The molecular weight excluding hydrogens is 352 g/mol. The smallest absolute Gasteiger partial charge is 0.337 e. The van der Waals surface area contributed by atoms with Gasteiger partial charge in [-0.25, -0.2) is 14.2 Å². The lowest BCUT2D eigenvalue weighted by atomic mass is 9.98. The van der Waals surface area contributed by atoms with Crippen molar-refractivity contribution in [2.24, 2.45) is 5.92 Å². The highest BCUT2D eigenvalue weighted by Gasteiger charge is 2.37. The quantitative estimate of drug-likeness (QED) is 0.893. The van der Waals surface area contributed by atoms with E-state index in [1.165, 1.54) is 24.0 Å². The zero-order chi connectivity index (χ0) is 17.6. The highest BCUT2D eigenvalue weighted by Crippen LogP contribution is 2.32. The van der Waals surface area contributed by atoms with Crippen molar-refractivity contribution >= 4 is 29.5 Å². The lowest BCUT2D eigenvalue weighted by molar-refractivity contribution is 0.236. The second-order valence-corrected chi connectivity index (χ2v) is 7.55. The van der Waals surface area contributed by atoms with Gasteiger partial charge in [0, 0.05) is 18.6 Å². The third-order valence-electron chi connectivity index (χ3n) is 5.76. The summed E-state index contributed by atoms with van der Waals surface area (Å²) in [6.07, 6.45) is 3.62. The van der Waals surface area contributed by atoms with Crippen LogP contribution in [-0.4, -0.2) is 45.7 Å². The van der Waals surface area contributed by atoms with Crippen LogP contribution in [0.1, 0.15) is 39.2 Å². The topological polar surface area (TPSA) is 59.3 Å². The van der Waals surface area contributed by atoms with Crippen LogP contribution in [0.2, 0.25) is 0 Å². The molecule has 1 aromatic carbocycles. The molecule has 0 bridgehead atoms. The van der Waals surface area contributed by atoms with E-state index < -0.39 is 0 Å². The zero-order valence-corrected chi connectivity index (χ0v) is 16.2. The Balaban J connectivity index is 0.00000196. The van der Waals surface area contributed by atoms with E-state index in [2.05, 4.69) is 10.2 Å². The van der Waals surface area contributed by atoms with E-state index in [4.69, 9.17) is 0 Å². The molecule has 0 radical (unpaired) electrons. The predicted octanol–water partition coefficient (Wildman–Crippen LogP) is 2.85. The number of rotatable bonds is 3. The van der Waals surface area contributed by atoms with E-state index in [1.54, 1.807) is 4.57 Å². The number of fused-ring (bicyclic) bond motifs is 2. The van der Waals surface area contributed by atoms with Gasteiger partial charge in [-0.05, 0) is 64.3 Å². The number of hydrogen-bond donors (Lipinski definition) is 1. The molecule has 7 heteroatoms. The number of imidazole rings is 1. The van der Waals surface area contributed by atoms with Crippen LogP contribution in [0, 0.1) is 5.92 Å². The Morgan fingerprint density at radius 2 is 1.92 bits per heavy atom. The summed E-state index contributed by atoms with van der Waals surface area (Å²) in [7, 11) is 0. The number of hydrogen-bond acceptors (Lipinski definition) is 3. The van der Waals surface area contributed by atoms with Gasteiger partial charge in [-0.15, -0.1) is 12.4 Å². The van der Waals surface area contributed by atoms with Crippen molar-refractivity contribution < 1.29 is 4.79 Å². The van der Waals surface area contributed by atoms with Gasteiger partial charge in [0.05, 0.1) is 11.0 Å². The molecule has 1 aromatic heterocycles. The lowest BCUT2D eigenvalue weighted by Gasteiger charge is -2.20. The van der Waals surface area contributed by atoms with Crippen LogP contribution in [-0.2, 0) is 0 Å². The van der Waals surface area contributed by atoms with Crippen LogP contribution in [0.25, 0.3) is 11.0 Å². The van der Waals surface area contributed by atoms with E-state index in [0.29, 0.717) is 24.0 Å². The fourth-order valence-electron chi connectivity index (χ4n) is 4.59. The minimum atomic E-state index is -0.308. The summed E-state index contributed by atoms with van der Waals surface area (Å²) in [5.41, 5.74) is 1.22. The maximum Gasteiger partial charge on any atom is 0.337 e. The van der Waals surface area contributed by atoms with Crippen LogP contribution in [0.5, 0.6) is 0 Å². The molecule has 4 rings (SSSR count). The predicted molar refractivity (Wildman–Crippen MR) is 105 cm³/mol. The van der Waals surface area contributed by atoms with Crippen LogP contribution in [0.3, 0.4) is 0 Å². The van der Waals surface area contributed by atoms with Gasteiger partial charge in [0.15, 0.2) is 0 Å². The maximum atomic E-state index is 12.8. The summed E-state index contributed by atoms with van der Waals surface area (Å²) >= 11 is 0. The molecule has 1 N–H and O–H groups in total. The first kappa shape index (κ1) is 19.0. The van der Waals surface area contributed by atoms with Crippen molar-refractivity contribution in [2.45, 2.75) is 45.2 Å². The first-order chi connectivity index (χ1) is 12.1. The van der Waals surface area contributed by atoms with Crippen LogP contribution in [0.4, 0.5) is 4.79 Å². The summed E-state index contributed by atoms with van der Waals surface area (Å²) in [6, 6.07) is 7.80. The van der Waals surface area contributed by atoms with E-state index in [0.717, 1.165) is 18.5 Å². The molecule has 0 aliphatic carbocycles. The number of carbonyl (C=O) groups is 1. The van der Waals surface area contributed by atoms with E-state index in [9.17, 15) is 9.59 Å². The highest BCUT2D eigenvalue weighted by atomic mass is 35.5. The van der Waals surface area contributed by atoms with Gasteiger partial charge in [0.25, 0.3) is 0 Å². The van der Waals surface area contributed by atoms with E-state index in [1.807, 2.05) is 38.1 Å². The van der Waals surface area contributed by atoms with E-state index in [-0.39, 0.29) is 30.2 Å². The molecule has 2 saturated heterocycles. The molecule has 2 aliphatic rings. The SMILES string of the molecule is CC(C)n1c(=O)n(C(=O)NC[C@@H]2CCN3CCC[C@@H]23)c2ccccc21.Cl. The molecule has 142 valence electrons. The average Bonchev–Trinajstić information content (AvgIpc) is 3.25. The fraction of sp³-hybridized carbons (Fsp3) is 0.579. The van der Waals surface area contributed by atoms with E-state index >= 15 is 0 Å². The Bertz CT molecular complexity index is 857. The Hall–Kier alpha value is -1.79. The standard InChI is InChI=1S/C19H26N4O2.ClH/c1-13(2)22-16-6-3-4-7-17(16)23(19(22)25)18(24)20-12-14-9-11-21-10-5-8-15(14)21;/h3-4,6-7,13-15H,5,8-12H2,1-2H3,(H,20,24);1H/t14-,15-;/m0./s1. The summed E-state index contributed by atoms with van der Waals surface area (Å²) < 4.78 is 2.97. The van der Waals surface area contributed by atoms with Gasteiger partial charge >= 0.3 is 11.7 Å². The Morgan fingerprint density at radius 3 is 2.65 bits per heavy atom. The van der Waals surface area contributed by atoms with Crippen molar-refractivity contribution in [3.05, 3.63) is 34.7 Å². The molecule has 0 saturated carbocycles. The van der Waals surface area contributed by atoms with Gasteiger partial charge in [-0.2, -0.15) is 0 Å². The Labute approximate surface area is 159 Å². The van der Waals surface area contributed by atoms with Crippen molar-refractivity contribution in [1.82, 2.24) is 19.4 Å². The number of para-hydroxylation sites is 2. The minimum absolute atomic E-state index is 0. The van der Waals surface area contributed by atoms with Gasteiger partial charge in [-0.3, -0.25) is 4.57 Å². The number of carbonyl (C=O) groups excluding carboxylic acids is 1. The second kappa shape index (κ2) is 7.45. The molecule has 3 heterocycles. The minimum Gasteiger partial charge on any atom is -0.337 e. The summed E-state index contributed by atoms with van der Waals surface area (Å²) in [5.74, 6) is 0.501. The molecule has 2 atom stereocenters. The van der Waals surface area contributed by atoms with Gasteiger partial charge < -0.3 is 10.2 Å². The normalized spacial score (nSPS) is 22.6. The van der Waals surface area contributed by atoms with Gasteiger partial charge in [0.2, 0.25) is 0 Å². The molecule has 2 fully saturated rings. The monoisotopic (exact) mass is 378 g/mol. The van der Waals surface area contributed by atoms with Crippen LogP contribution < -0.4 is 11.0 Å². The molecule has 26 heavy (non-hydrogen) atoms. The number of aromatic nitrogens is 2. The van der Waals surface area contributed by atoms with Gasteiger partial charge in [-0.1, -0.05) is 12.1 Å². The molecule has 0 spiro atoms. The van der Waals surface area contributed by atoms with Crippen molar-refractivity contribution in [3.8, 4) is 0 Å². The second-order valence-electron chi connectivity index (χ2n) is 7.55. The lowest BCUT2D eigenvalue weighted by Crippen LogP contribution is -2.41. The molecule has 2 aliphatic heterocycles. The molecule has 6 nitrogen and oxygen atoms in total. The highest BCUT2D eigenvalue weighted by molar-refractivity contribution is 5.89. The zero-order valence-electron chi connectivity index (χ0n) is 15.4. The van der Waals surface area contributed by atoms with Crippen molar-refractivity contribution in [3.63, 3.8) is 0 Å². The fourth-order valence-corrected chi connectivity index (χ4v) is 4.59. The average molecular weight is 379 g/mol. The Morgan fingerprint density at radius 1 is 1.19 bits per heavy atom. The van der Waals surface area contributed by atoms with Crippen LogP contribution in [0.15, 0.2) is 29.1 Å². The summed E-state index contributed by atoms with van der Waals surface area (Å²) in [5, 5.41) is 3.02. The number of benzene rings is 1. The number of nitrogens with one attached hydrogen (secondary N) is 1. The first-order valence-corrected chi connectivity index (χ1v) is 9.32. The number of nitrogens with zero attached hydrogens (tertiary/aromatic N) is 3. The number of halogens is 1. The maximum absolute atomic E-state index is 12.8. The third kappa shape index (κ3) is 3.05. The molecule has 0 unspecified atom stereocenters. The van der Waals surface area contributed by atoms with Crippen LogP contribution >= 0.6 is 12.4 Å². The molecular formula is C19H27ClN4O2. The van der Waals surface area contributed by atoms with Crippen molar-refractivity contribution in [2.75, 3.05) is 19.6 Å². The third-order valence-corrected chi connectivity index (χ3v) is 5.76. The summed E-state index contributed by atoms with van der Waals surface area (Å²) in [4.78, 5) is 28.1. The molecule has 2 aromatic rings. The molecule has 1 amide bonds. The summed E-state index contributed by atoms with van der Waals surface area (Å²) in [6.45, 7) is 6.90.